The first kappa shape index (κ1) is 20.7. The summed E-state index contributed by atoms with van der Waals surface area (Å²) in [7, 11) is 7.38. The van der Waals surface area contributed by atoms with Gasteiger partial charge in [-0.3, -0.25) is 4.79 Å². The maximum absolute atomic E-state index is 12.5. The molecule has 7 nitrogen and oxygen atoms in total. The molecule has 8 heteroatoms. The van der Waals surface area contributed by atoms with Crippen molar-refractivity contribution < 1.29 is 13.9 Å². The van der Waals surface area contributed by atoms with Gasteiger partial charge in [0.2, 0.25) is 5.91 Å². The summed E-state index contributed by atoms with van der Waals surface area (Å²) in [5.41, 5.74) is 2.92. The number of nitrogens with zero attached hydrogens (tertiary/aromatic N) is 4. The molecule has 0 unspecified atom stereocenters. The number of ether oxygens (including phenoxy) is 1. The Kier molecular flexibility index (Phi) is 6.77. The SMILES string of the molecule is COc1ccccc1-c1nnc(SCC(=O)N(C)Cc2ccc(N(C)C)cc2)o1. The summed E-state index contributed by atoms with van der Waals surface area (Å²) < 4.78 is 11.0. The van der Waals surface area contributed by atoms with Crippen molar-refractivity contribution >= 4 is 23.4 Å². The van der Waals surface area contributed by atoms with E-state index in [9.17, 15) is 4.79 Å². The summed E-state index contributed by atoms with van der Waals surface area (Å²) in [5, 5.41) is 8.44. The number of hydrogen-bond acceptors (Lipinski definition) is 7. The number of thioether (sulfide) groups is 1. The van der Waals surface area contributed by atoms with Gasteiger partial charge in [0, 0.05) is 33.4 Å². The molecule has 1 heterocycles. The molecule has 0 saturated heterocycles. The number of benzene rings is 2. The van der Waals surface area contributed by atoms with Crippen LogP contribution in [0.25, 0.3) is 11.5 Å². The minimum absolute atomic E-state index is 0.0104. The Morgan fingerprint density at radius 3 is 2.48 bits per heavy atom. The molecule has 0 radical (unpaired) electrons. The van der Waals surface area contributed by atoms with Gasteiger partial charge >= 0.3 is 0 Å². The van der Waals surface area contributed by atoms with Crippen molar-refractivity contribution in [2.45, 2.75) is 11.8 Å². The first-order valence-electron chi connectivity index (χ1n) is 9.08. The number of methoxy groups -OCH3 is 1. The highest BCUT2D eigenvalue weighted by molar-refractivity contribution is 7.99. The van der Waals surface area contributed by atoms with Crippen molar-refractivity contribution in [3.63, 3.8) is 0 Å². The van der Waals surface area contributed by atoms with Crippen LogP contribution in [0.1, 0.15) is 5.56 Å². The number of anilines is 1. The highest BCUT2D eigenvalue weighted by Gasteiger charge is 2.16. The maximum Gasteiger partial charge on any atom is 0.277 e. The third-order valence-electron chi connectivity index (χ3n) is 4.36. The third-order valence-corrected chi connectivity index (χ3v) is 5.16. The Morgan fingerprint density at radius 2 is 1.79 bits per heavy atom. The molecule has 2 aromatic carbocycles. The smallest absolute Gasteiger partial charge is 0.277 e. The van der Waals surface area contributed by atoms with Crippen LogP contribution in [0.2, 0.25) is 0 Å². The largest absolute Gasteiger partial charge is 0.496 e. The van der Waals surface area contributed by atoms with Crippen LogP contribution in [0.3, 0.4) is 0 Å². The van der Waals surface area contributed by atoms with Crippen LogP contribution in [-0.4, -0.2) is 55.0 Å². The fourth-order valence-electron chi connectivity index (χ4n) is 2.69. The van der Waals surface area contributed by atoms with Crippen LogP contribution in [0.15, 0.2) is 58.2 Å². The van der Waals surface area contributed by atoms with E-state index < -0.39 is 0 Å². The summed E-state index contributed by atoms with van der Waals surface area (Å²) >= 11 is 1.22. The Bertz CT molecular complexity index is 957. The standard InChI is InChI=1S/C21H24N4O3S/c1-24(2)16-11-9-15(10-12-16)13-25(3)19(26)14-29-21-23-22-20(28-21)17-7-5-6-8-18(17)27-4/h5-12H,13-14H2,1-4H3. The Hall–Kier alpha value is -3.00. The monoisotopic (exact) mass is 412 g/mol. The minimum Gasteiger partial charge on any atom is -0.496 e. The molecule has 0 fully saturated rings. The molecule has 3 rings (SSSR count). The van der Waals surface area contributed by atoms with E-state index in [4.69, 9.17) is 9.15 Å². The first-order chi connectivity index (χ1) is 14.0. The second-order valence-corrected chi connectivity index (χ2v) is 7.60. The summed E-state index contributed by atoms with van der Waals surface area (Å²) in [6.07, 6.45) is 0. The molecular formula is C21H24N4O3S. The number of hydrogen-bond donors (Lipinski definition) is 0. The van der Waals surface area contributed by atoms with E-state index in [2.05, 4.69) is 10.2 Å². The van der Waals surface area contributed by atoms with Gasteiger partial charge in [0.05, 0.1) is 18.4 Å². The van der Waals surface area contributed by atoms with E-state index in [1.165, 1.54) is 11.8 Å². The zero-order valence-corrected chi connectivity index (χ0v) is 17.8. The van der Waals surface area contributed by atoms with E-state index in [1.54, 1.807) is 19.1 Å². The van der Waals surface area contributed by atoms with E-state index in [-0.39, 0.29) is 11.7 Å². The number of rotatable bonds is 8. The van der Waals surface area contributed by atoms with Crippen molar-refractivity contribution in [1.82, 2.24) is 15.1 Å². The molecule has 0 saturated carbocycles. The fourth-order valence-corrected chi connectivity index (χ4v) is 3.40. The second kappa shape index (κ2) is 9.47. The van der Waals surface area contributed by atoms with Gasteiger partial charge in [0.1, 0.15) is 5.75 Å². The summed E-state index contributed by atoms with van der Waals surface area (Å²) in [6, 6.07) is 15.6. The molecule has 0 N–H and O–H groups in total. The van der Waals surface area contributed by atoms with Crippen molar-refractivity contribution in [1.29, 1.82) is 0 Å². The van der Waals surface area contributed by atoms with E-state index in [0.29, 0.717) is 23.4 Å². The maximum atomic E-state index is 12.5. The van der Waals surface area contributed by atoms with E-state index in [1.807, 2.05) is 67.5 Å². The van der Waals surface area contributed by atoms with Crippen LogP contribution in [0.4, 0.5) is 5.69 Å². The molecular weight excluding hydrogens is 388 g/mol. The average molecular weight is 413 g/mol. The highest BCUT2D eigenvalue weighted by atomic mass is 32.2. The average Bonchev–Trinajstić information content (AvgIpc) is 3.21. The molecule has 0 aliphatic heterocycles. The Balaban J connectivity index is 1.56. The molecule has 1 amide bonds. The first-order valence-corrected chi connectivity index (χ1v) is 10.1. The van der Waals surface area contributed by atoms with Gasteiger partial charge in [-0.2, -0.15) is 0 Å². The molecule has 152 valence electrons. The molecule has 0 spiro atoms. The van der Waals surface area contributed by atoms with Crippen LogP contribution >= 0.6 is 11.8 Å². The lowest BCUT2D eigenvalue weighted by Crippen LogP contribution is -2.27. The molecule has 0 aliphatic rings. The summed E-state index contributed by atoms with van der Waals surface area (Å²) in [6.45, 7) is 0.545. The number of carbonyl (C=O) groups excluding carboxylic acids is 1. The topological polar surface area (TPSA) is 71.7 Å². The zero-order valence-electron chi connectivity index (χ0n) is 17.0. The van der Waals surface area contributed by atoms with Gasteiger partial charge in [-0.15, -0.1) is 10.2 Å². The van der Waals surface area contributed by atoms with Gasteiger partial charge in [-0.05, 0) is 29.8 Å². The van der Waals surface area contributed by atoms with Crippen molar-refractivity contribution in [3.05, 3.63) is 54.1 Å². The van der Waals surface area contributed by atoms with Crippen molar-refractivity contribution in [3.8, 4) is 17.2 Å². The van der Waals surface area contributed by atoms with Gasteiger partial charge in [-0.1, -0.05) is 36.0 Å². The quantitative estimate of drug-likeness (QED) is 0.524. The summed E-state index contributed by atoms with van der Waals surface area (Å²) in [4.78, 5) is 16.2. The fraction of sp³-hybridized carbons (Fsp3) is 0.286. The molecule has 3 aromatic rings. The van der Waals surface area contributed by atoms with Gasteiger partial charge in [-0.25, -0.2) is 0 Å². The minimum atomic E-state index is -0.0104. The predicted octanol–water partition coefficient (Wildman–Crippen LogP) is 3.56. The normalized spacial score (nSPS) is 10.6. The van der Waals surface area contributed by atoms with Crippen LogP contribution in [-0.2, 0) is 11.3 Å². The lowest BCUT2D eigenvalue weighted by molar-refractivity contribution is -0.127. The van der Waals surface area contributed by atoms with Gasteiger partial charge in [0.25, 0.3) is 11.1 Å². The van der Waals surface area contributed by atoms with Crippen molar-refractivity contribution in [2.24, 2.45) is 0 Å². The van der Waals surface area contributed by atoms with Crippen LogP contribution in [0.5, 0.6) is 5.75 Å². The predicted molar refractivity (Wildman–Crippen MR) is 114 cm³/mol. The number of carbonyl (C=O) groups is 1. The Labute approximate surface area is 174 Å². The van der Waals surface area contributed by atoms with E-state index in [0.717, 1.165) is 16.8 Å². The van der Waals surface area contributed by atoms with Crippen molar-refractivity contribution in [2.75, 3.05) is 38.9 Å². The lowest BCUT2D eigenvalue weighted by atomic mass is 10.2. The molecule has 0 atom stereocenters. The van der Waals surface area contributed by atoms with E-state index >= 15 is 0 Å². The third kappa shape index (κ3) is 5.29. The van der Waals surface area contributed by atoms with Crippen LogP contribution < -0.4 is 9.64 Å². The number of amides is 1. The van der Waals surface area contributed by atoms with Gasteiger partial charge < -0.3 is 19.0 Å². The molecule has 1 aromatic heterocycles. The lowest BCUT2D eigenvalue weighted by Gasteiger charge is -2.18. The van der Waals surface area contributed by atoms with Crippen LogP contribution in [0, 0.1) is 0 Å². The highest BCUT2D eigenvalue weighted by Crippen LogP contribution is 2.30. The second-order valence-electron chi connectivity index (χ2n) is 6.67. The van der Waals surface area contributed by atoms with Gasteiger partial charge in [0.15, 0.2) is 0 Å². The molecule has 0 aliphatic carbocycles. The summed E-state index contributed by atoms with van der Waals surface area (Å²) in [5.74, 6) is 1.24. The number of para-hydroxylation sites is 1. The molecule has 29 heavy (non-hydrogen) atoms. The molecule has 0 bridgehead atoms. The Morgan fingerprint density at radius 1 is 1.07 bits per heavy atom. The number of aromatic nitrogens is 2. The zero-order chi connectivity index (χ0) is 20.8.